The minimum absolute atomic E-state index is 0.0676. The average molecular weight is 293 g/mol. The van der Waals surface area contributed by atoms with E-state index in [-0.39, 0.29) is 6.04 Å². The van der Waals surface area contributed by atoms with Crippen LogP contribution >= 0.6 is 0 Å². The van der Waals surface area contributed by atoms with E-state index in [1.165, 1.54) is 51.4 Å². The molecule has 0 radical (unpaired) electrons. The van der Waals surface area contributed by atoms with Crippen molar-refractivity contribution in [1.82, 2.24) is 15.1 Å². The van der Waals surface area contributed by atoms with Crippen LogP contribution in [0.3, 0.4) is 0 Å². The van der Waals surface area contributed by atoms with E-state index in [1.807, 2.05) is 0 Å². The zero-order valence-electron chi connectivity index (χ0n) is 13.5. The normalized spacial score (nSPS) is 33.1. The van der Waals surface area contributed by atoms with Gasteiger partial charge in [0.25, 0.3) is 0 Å². The van der Waals surface area contributed by atoms with Crippen LogP contribution in [0.2, 0.25) is 0 Å². The van der Waals surface area contributed by atoms with Gasteiger partial charge in [-0.3, -0.25) is 9.69 Å². The van der Waals surface area contributed by atoms with Gasteiger partial charge in [0.15, 0.2) is 0 Å². The summed E-state index contributed by atoms with van der Waals surface area (Å²) in [4.78, 5) is 17.5. The molecule has 1 N–H and O–H groups in total. The van der Waals surface area contributed by atoms with Crippen LogP contribution in [0, 0.1) is 0 Å². The molecule has 0 aromatic rings. The van der Waals surface area contributed by atoms with E-state index >= 15 is 0 Å². The third-order valence-corrected chi connectivity index (χ3v) is 5.68. The predicted molar refractivity (Wildman–Crippen MR) is 85.3 cm³/mol. The summed E-state index contributed by atoms with van der Waals surface area (Å²) in [6.07, 6.45) is 10.0. The number of hydrogen-bond donors (Lipinski definition) is 1. The summed E-state index contributed by atoms with van der Waals surface area (Å²) in [5.41, 5.74) is 0. The minimum atomic E-state index is 0.0676. The summed E-state index contributed by atoms with van der Waals surface area (Å²) < 4.78 is 0. The van der Waals surface area contributed by atoms with E-state index in [4.69, 9.17) is 0 Å². The van der Waals surface area contributed by atoms with Crippen LogP contribution in [0.15, 0.2) is 0 Å². The lowest BCUT2D eigenvalue weighted by atomic mass is 10.0. The summed E-state index contributed by atoms with van der Waals surface area (Å²) >= 11 is 0. The van der Waals surface area contributed by atoms with Gasteiger partial charge in [-0.1, -0.05) is 12.8 Å². The fourth-order valence-corrected chi connectivity index (χ4v) is 4.46. The second-order valence-electron chi connectivity index (χ2n) is 7.07. The standard InChI is InChI=1S/C17H31N3O/c1-14(17(21)19-11-4-2-3-5-12-19)20-13-7-9-16(20)15-8-6-10-18-15/h14-16,18H,2-13H2,1H3. The molecule has 1 amide bonds. The highest BCUT2D eigenvalue weighted by molar-refractivity contribution is 5.81. The Kier molecular flexibility index (Phi) is 5.17. The molecule has 21 heavy (non-hydrogen) atoms. The van der Waals surface area contributed by atoms with Crippen molar-refractivity contribution >= 4 is 5.91 Å². The van der Waals surface area contributed by atoms with Crippen molar-refractivity contribution in [2.75, 3.05) is 26.2 Å². The monoisotopic (exact) mass is 293 g/mol. The third-order valence-electron chi connectivity index (χ3n) is 5.68. The van der Waals surface area contributed by atoms with Crippen molar-refractivity contribution in [1.29, 1.82) is 0 Å². The van der Waals surface area contributed by atoms with Crippen molar-refractivity contribution in [3.8, 4) is 0 Å². The number of nitrogens with zero attached hydrogens (tertiary/aromatic N) is 2. The number of carbonyl (C=O) groups is 1. The number of carbonyl (C=O) groups excluding carboxylic acids is 1. The Morgan fingerprint density at radius 3 is 2.43 bits per heavy atom. The first-order valence-corrected chi connectivity index (χ1v) is 9.05. The van der Waals surface area contributed by atoms with Crippen LogP contribution in [0.5, 0.6) is 0 Å². The first-order chi connectivity index (χ1) is 10.3. The predicted octanol–water partition coefficient (Wildman–Crippen LogP) is 1.99. The lowest BCUT2D eigenvalue weighted by Crippen LogP contribution is -2.53. The molecule has 0 spiro atoms. The number of likely N-dealkylation sites (tertiary alicyclic amines) is 2. The quantitative estimate of drug-likeness (QED) is 0.864. The summed E-state index contributed by atoms with van der Waals surface area (Å²) in [6.45, 7) is 6.35. The first kappa shape index (κ1) is 15.3. The highest BCUT2D eigenvalue weighted by atomic mass is 16.2. The Hall–Kier alpha value is -0.610. The molecule has 4 nitrogen and oxygen atoms in total. The van der Waals surface area contributed by atoms with Crippen LogP contribution in [0.1, 0.15) is 58.3 Å². The van der Waals surface area contributed by atoms with Gasteiger partial charge in [-0.05, 0) is 58.5 Å². The number of nitrogens with one attached hydrogen (secondary N) is 1. The molecule has 4 heteroatoms. The zero-order chi connectivity index (χ0) is 14.7. The lowest BCUT2D eigenvalue weighted by Gasteiger charge is -2.36. The molecule has 0 aliphatic carbocycles. The summed E-state index contributed by atoms with van der Waals surface area (Å²) in [7, 11) is 0. The first-order valence-electron chi connectivity index (χ1n) is 9.05. The van der Waals surface area contributed by atoms with Gasteiger partial charge in [-0.2, -0.15) is 0 Å². The van der Waals surface area contributed by atoms with Crippen molar-refractivity contribution in [3.05, 3.63) is 0 Å². The van der Waals surface area contributed by atoms with E-state index < -0.39 is 0 Å². The Balaban J connectivity index is 1.62. The number of hydrogen-bond acceptors (Lipinski definition) is 3. The van der Waals surface area contributed by atoms with Crippen molar-refractivity contribution in [2.24, 2.45) is 0 Å². The fourth-order valence-electron chi connectivity index (χ4n) is 4.46. The zero-order valence-corrected chi connectivity index (χ0v) is 13.5. The van der Waals surface area contributed by atoms with Gasteiger partial charge < -0.3 is 10.2 Å². The van der Waals surface area contributed by atoms with E-state index in [0.29, 0.717) is 18.0 Å². The van der Waals surface area contributed by atoms with E-state index in [2.05, 4.69) is 22.0 Å². The van der Waals surface area contributed by atoms with Crippen molar-refractivity contribution < 1.29 is 4.79 Å². The lowest BCUT2D eigenvalue weighted by molar-refractivity contribution is -0.136. The fraction of sp³-hybridized carbons (Fsp3) is 0.941. The maximum atomic E-state index is 12.9. The molecular weight excluding hydrogens is 262 g/mol. The summed E-state index contributed by atoms with van der Waals surface area (Å²) in [5.74, 6) is 0.377. The Bertz CT molecular complexity index is 346. The number of rotatable bonds is 3. The van der Waals surface area contributed by atoms with Gasteiger partial charge >= 0.3 is 0 Å². The van der Waals surface area contributed by atoms with Crippen molar-refractivity contribution in [3.63, 3.8) is 0 Å². The molecule has 0 saturated carbocycles. The second kappa shape index (κ2) is 7.10. The van der Waals surface area contributed by atoms with Gasteiger partial charge in [0.2, 0.25) is 5.91 Å². The van der Waals surface area contributed by atoms with E-state index in [9.17, 15) is 4.79 Å². The third kappa shape index (κ3) is 3.42. The Morgan fingerprint density at radius 2 is 1.76 bits per heavy atom. The Labute approximate surface area is 129 Å². The smallest absolute Gasteiger partial charge is 0.239 e. The van der Waals surface area contributed by atoms with Gasteiger partial charge in [0.05, 0.1) is 6.04 Å². The molecule has 3 saturated heterocycles. The van der Waals surface area contributed by atoms with E-state index in [0.717, 1.165) is 26.2 Å². The molecule has 120 valence electrons. The van der Waals surface area contributed by atoms with Crippen LogP contribution in [-0.4, -0.2) is 60.0 Å². The molecular formula is C17H31N3O. The van der Waals surface area contributed by atoms with Gasteiger partial charge in [0, 0.05) is 25.2 Å². The molecule has 0 aromatic heterocycles. The second-order valence-corrected chi connectivity index (χ2v) is 7.07. The molecule has 3 aliphatic rings. The Morgan fingerprint density at radius 1 is 1.00 bits per heavy atom. The molecule has 3 aliphatic heterocycles. The summed E-state index contributed by atoms with van der Waals surface area (Å²) in [5, 5.41) is 3.65. The topological polar surface area (TPSA) is 35.6 Å². The van der Waals surface area contributed by atoms with Crippen LogP contribution in [0.25, 0.3) is 0 Å². The van der Waals surface area contributed by atoms with Crippen LogP contribution in [-0.2, 0) is 4.79 Å². The summed E-state index contributed by atoms with van der Waals surface area (Å²) in [6, 6.07) is 1.27. The van der Waals surface area contributed by atoms with Gasteiger partial charge in [-0.15, -0.1) is 0 Å². The molecule has 3 atom stereocenters. The number of amides is 1. The molecule has 0 bridgehead atoms. The maximum absolute atomic E-state index is 12.9. The average Bonchev–Trinajstić information content (AvgIpc) is 3.11. The van der Waals surface area contributed by atoms with Crippen LogP contribution < -0.4 is 5.32 Å². The molecule has 3 unspecified atom stereocenters. The molecule has 3 rings (SSSR count). The van der Waals surface area contributed by atoms with Crippen LogP contribution in [0.4, 0.5) is 0 Å². The van der Waals surface area contributed by atoms with Crippen molar-refractivity contribution in [2.45, 2.75) is 76.4 Å². The highest BCUT2D eigenvalue weighted by Crippen LogP contribution is 2.27. The maximum Gasteiger partial charge on any atom is 0.239 e. The van der Waals surface area contributed by atoms with Gasteiger partial charge in [-0.25, -0.2) is 0 Å². The van der Waals surface area contributed by atoms with E-state index in [1.54, 1.807) is 0 Å². The van der Waals surface area contributed by atoms with Gasteiger partial charge in [0.1, 0.15) is 0 Å². The molecule has 3 fully saturated rings. The SMILES string of the molecule is CC(C(=O)N1CCCCCC1)N1CCCC1C1CCCN1. The molecule has 3 heterocycles. The highest BCUT2D eigenvalue weighted by Gasteiger charge is 2.38. The molecule has 0 aromatic carbocycles. The minimum Gasteiger partial charge on any atom is -0.341 e. The largest absolute Gasteiger partial charge is 0.341 e.